The number of aryl methyl sites for hydroxylation is 2. The Morgan fingerprint density at radius 2 is 2.14 bits per heavy atom. The summed E-state index contributed by atoms with van der Waals surface area (Å²) in [5, 5.41) is 7.66. The fourth-order valence-corrected chi connectivity index (χ4v) is 3.65. The van der Waals surface area contributed by atoms with Crippen molar-refractivity contribution in [3.63, 3.8) is 0 Å². The van der Waals surface area contributed by atoms with Crippen molar-refractivity contribution in [2.24, 2.45) is 5.92 Å². The number of nitrogens with zero attached hydrogens (tertiary/aromatic N) is 4. The summed E-state index contributed by atoms with van der Waals surface area (Å²) in [4.78, 5) is 23.7. The number of amides is 1. The first-order valence-electron chi connectivity index (χ1n) is 9.39. The van der Waals surface area contributed by atoms with Crippen LogP contribution in [0.3, 0.4) is 0 Å². The van der Waals surface area contributed by atoms with Crippen LogP contribution >= 0.6 is 0 Å². The standard InChI is InChI=1S/C20H22FN5O2/c1-12-17-18(23-13(2)24-20(17)28-25-12)26-9-5-7-15(11-26)19(27)22-10-14-6-3-4-8-16(14)21/h3-4,6,8,15H,5,7,9-11H2,1-2H3,(H,22,27)/t15-/m1/s1. The molecule has 146 valence electrons. The minimum atomic E-state index is -0.310. The molecular weight excluding hydrogens is 361 g/mol. The molecular formula is C20H22FN5O2. The second-order valence-corrected chi connectivity index (χ2v) is 7.14. The SMILES string of the molecule is Cc1nc(N2CCC[C@@H](C(=O)NCc3ccccc3F)C2)c2c(C)noc2n1. The number of fused-ring (bicyclic) bond motifs is 1. The molecule has 3 heterocycles. The van der Waals surface area contributed by atoms with Crippen LogP contribution in [0, 0.1) is 25.6 Å². The molecule has 3 aromatic rings. The number of anilines is 1. The third kappa shape index (κ3) is 3.54. The number of nitrogens with one attached hydrogen (secondary N) is 1. The zero-order valence-electron chi connectivity index (χ0n) is 15.9. The Balaban J connectivity index is 1.50. The number of aromatic nitrogens is 3. The van der Waals surface area contributed by atoms with Crippen LogP contribution in [0.15, 0.2) is 28.8 Å². The lowest BCUT2D eigenvalue weighted by Crippen LogP contribution is -2.43. The Labute approximate surface area is 161 Å². The topological polar surface area (TPSA) is 84.2 Å². The first-order chi connectivity index (χ1) is 13.5. The van der Waals surface area contributed by atoms with Crippen LogP contribution in [0.25, 0.3) is 11.1 Å². The van der Waals surface area contributed by atoms with E-state index in [0.29, 0.717) is 23.6 Å². The van der Waals surface area contributed by atoms with Gasteiger partial charge in [0.2, 0.25) is 5.91 Å². The van der Waals surface area contributed by atoms with Crippen molar-refractivity contribution in [3.05, 3.63) is 47.2 Å². The molecule has 1 N–H and O–H groups in total. The minimum Gasteiger partial charge on any atom is -0.355 e. The highest BCUT2D eigenvalue weighted by Gasteiger charge is 2.29. The van der Waals surface area contributed by atoms with Gasteiger partial charge in [-0.15, -0.1) is 0 Å². The number of rotatable bonds is 4. The summed E-state index contributed by atoms with van der Waals surface area (Å²) in [6.07, 6.45) is 1.65. The van der Waals surface area contributed by atoms with Gasteiger partial charge in [0, 0.05) is 25.2 Å². The molecule has 0 unspecified atom stereocenters. The normalized spacial score (nSPS) is 17.1. The summed E-state index contributed by atoms with van der Waals surface area (Å²) in [6.45, 7) is 5.19. The summed E-state index contributed by atoms with van der Waals surface area (Å²) in [6, 6.07) is 6.47. The Kier molecular flexibility index (Phi) is 4.93. The molecule has 0 bridgehead atoms. The predicted octanol–water partition coefficient (Wildman–Crippen LogP) is 2.91. The number of hydrogen-bond acceptors (Lipinski definition) is 6. The van der Waals surface area contributed by atoms with Crippen molar-refractivity contribution < 1.29 is 13.7 Å². The zero-order valence-corrected chi connectivity index (χ0v) is 15.9. The molecule has 1 atom stereocenters. The summed E-state index contributed by atoms with van der Waals surface area (Å²) < 4.78 is 19.1. The van der Waals surface area contributed by atoms with E-state index in [1.54, 1.807) is 18.2 Å². The molecule has 7 nitrogen and oxygen atoms in total. The van der Waals surface area contributed by atoms with Crippen molar-refractivity contribution in [2.75, 3.05) is 18.0 Å². The summed E-state index contributed by atoms with van der Waals surface area (Å²) in [5.74, 6) is 0.788. The number of benzene rings is 1. The molecule has 1 aliphatic heterocycles. The molecule has 2 aromatic heterocycles. The Bertz CT molecular complexity index is 1020. The fourth-order valence-electron chi connectivity index (χ4n) is 3.65. The van der Waals surface area contributed by atoms with Gasteiger partial charge in [0.15, 0.2) is 0 Å². The van der Waals surface area contributed by atoms with E-state index in [2.05, 4.69) is 25.3 Å². The second-order valence-electron chi connectivity index (χ2n) is 7.14. The molecule has 8 heteroatoms. The largest absolute Gasteiger partial charge is 0.355 e. The van der Waals surface area contributed by atoms with E-state index in [1.165, 1.54) is 6.07 Å². The summed E-state index contributed by atoms with van der Waals surface area (Å²) in [7, 11) is 0. The lowest BCUT2D eigenvalue weighted by atomic mass is 9.96. The highest BCUT2D eigenvalue weighted by Crippen LogP contribution is 2.30. The maximum Gasteiger partial charge on any atom is 0.263 e. The number of carbonyl (C=O) groups is 1. The van der Waals surface area contributed by atoms with E-state index in [9.17, 15) is 9.18 Å². The van der Waals surface area contributed by atoms with Gasteiger partial charge in [0.05, 0.1) is 11.6 Å². The average molecular weight is 383 g/mol. The van der Waals surface area contributed by atoms with Crippen molar-refractivity contribution in [3.8, 4) is 0 Å². The van der Waals surface area contributed by atoms with Crippen molar-refractivity contribution >= 4 is 22.8 Å². The van der Waals surface area contributed by atoms with Gasteiger partial charge >= 0.3 is 0 Å². The van der Waals surface area contributed by atoms with E-state index >= 15 is 0 Å². The first-order valence-corrected chi connectivity index (χ1v) is 9.39. The van der Waals surface area contributed by atoms with Gasteiger partial charge in [-0.25, -0.2) is 9.37 Å². The molecule has 0 radical (unpaired) electrons. The maximum atomic E-state index is 13.8. The smallest absolute Gasteiger partial charge is 0.263 e. The zero-order chi connectivity index (χ0) is 19.7. The van der Waals surface area contributed by atoms with Crippen LogP contribution < -0.4 is 10.2 Å². The molecule has 28 heavy (non-hydrogen) atoms. The lowest BCUT2D eigenvalue weighted by Gasteiger charge is -2.33. The lowest BCUT2D eigenvalue weighted by molar-refractivity contribution is -0.125. The Morgan fingerprint density at radius 3 is 2.96 bits per heavy atom. The van der Waals surface area contributed by atoms with Gasteiger partial charge in [-0.05, 0) is 32.8 Å². The first kappa shape index (κ1) is 18.3. The van der Waals surface area contributed by atoms with Gasteiger partial charge in [-0.2, -0.15) is 4.98 Å². The molecule has 1 saturated heterocycles. The van der Waals surface area contributed by atoms with Crippen LogP contribution in [0.5, 0.6) is 0 Å². The number of hydrogen-bond donors (Lipinski definition) is 1. The van der Waals surface area contributed by atoms with Gasteiger partial charge in [-0.1, -0.05) is 23.4 Å². The third-order valence-corrected chi connectivity index (χ3v) is 5.10. The van der Waals surface area contributed by atoms with E-state index in [4.69, 9.17) is 4.52 Å². The van der Waals surface area contributed by atoms with Gasteiger partial charge in [0.25, 0.3) is 5.71 Å². The molecule has 1 amide bonds. The van der Waals surface area contributed by atoms with Gasteiger partial charge in [-0.3, -0.25) is 4.79 Å². The maximum absolute atomic E-state index is 13.8. The molecule has 0 saturated carbocycles. The molecule has 4 rings (SSSR count). The quantitative estimate of drug-likeness (QED) is 0.746. The van der Waals surface area contributed by atoms with Crippen molar-refractivity contribution in [1.82, 2.24) is 20.4 Å². The van der Waals surface area contributed by atoms with E-state index < -0.39 is 0 Å². The molecule has 0 spiro atoms. The molecule has 0 aliphatic carbocycles. The number of carbonyl (C=O) groups excluding carboxylic acids is 1. The van der Waals surface area contributed by atoms with E-state index in [1.807, 2.05) is 13.8 Å². The fraction of sp³-hybridized carbons (Fsp3) is 0.400. The molecule has 1 aromatic carbocycles. The monoisotopic (exact) mass is 383 g/mol. The Morgan fingerprint density at radius 1 is 1.32 bits per heavy atom. The van der Waals surface area contributed by atoms with Crippen LogP contribution in [0.1, 0.15) is 29.9 Å². The van der Waals surface area contributed by atoms with Crippen LogP contribution in [-0.4, -0.2) is 34.1 Å². The summed E-state index contributed by atoms with van der Waals surface area (Å²) in [5.41, 5.74) is 1.68. The van der Waals surface area contributed by atoms with Crippen LogP contribution in [0.4, 0.5) is 10.2 Å². The second kappa shape index (κ2) is 7.53. The van der Waals surface area contributed by atoms with E-state index in [0.717, 1.165) is 36.3 Å². The number of piperidine rings is 1. The minimum absolute atomic E-state index is 0.0722. The van der Waals surface area contributed by atoms with E-state index in [-0.39, 0.29) is 24.2 Å². The Hall–Kier alpha value is -3.03. The van der Waals surface area contributed by atoms with Crippen LogP contribution in [-0.2, 0) is 11.3 Å². The highest BCUT2D eigenvalue weighted by atomic mass is 19.1. The summed E-state index contributed by atoms with van der Waals surface area (Å²) >= 11 is 0. The molecule has 1 fully saturated rings. The molecule has 1 aliphatic rings. The van der Waals surface area contributed by atoms with Crippen molar-refractivity contribution in [2.45, 2.75) is 33.2 Å². The van der Waals surface area contributed by atoms with Gasteiger partial charge in [0.1, 0.15) is 22.8 Å². The highest BCUT2D eigenvalue weighted by molar-refractivity contribution is 5.88. The van der Waals surface area contributed by atoms with Crippen molar-refractivity contribution in [1.29, 1.82) is 0 Å². The van der Waals surface area contributed by atoms with Gasteiger partial charge < -0.3 is 14.7 Å². The average Bonchev–Trinajstić information content (AvgIpc) is 3.07. The number of halogens is 1. The van der Waals surface area contributed by atoms with Crippen LogP contribution in [0.2, 0.25) is 0 Å². The predicted molar refractivity (Wildman–Crippen MR) is 102 cm³/mol. The third-order valence-electron chi connectivity index (χ3n) is 5.10.